The molecule has 0 aromatic heterocycles. The van der Waals surface area contributed by atoms with Crippen molar-refractivity contribution < 1.29 is 22.7 Å². The fourth-order valence-electron chi connectivity index (χ4n) is 5.25. The summed E-state index contributed by atoms with van der Waals surface area (Å²) >= 11 is 0. The zero-order chi connectivity index (χ0) is 35.2. The lowest BCUT2D eigenvalue weighted by Gasteiger charge is -2.21. The quantitative estimate of drug-likeness (QED) is 0.0502. The van der Waals surface area contributed by atoms with Gasteiger partial charge >= 0.3 is 6.09 Å². The molecule has 0 atom stereocenters. The number of allylic oxidation sites excluding steroid dienone is 1. The number of benzene rings is 2. The number of carbonyl (C=O) groups is 2. The van der Waals surface area contributed by atoms with Gasteiger partial charge in [-0.2, -0.15) is 0 Å². The molecule has 278 valence electrons. The number of amides is 2. The minimum absolute atomic E-state index is 0. The zero-order valence-electron chi connectivity index (χ0n) is 29.7. The first kappa shape index (κ1) is 44.9. The van der Waals surface area contributed by atoms with Gasteiger partial charge in [0.25, 0.3) is 0 Å². The monoisotopic (exact) mass is 759 g/mol. The Labute approximate surface area is 309 Å². The van der Waals surface area contributed by atoms with Crippen LogP contribution in [-0.4, -0.2) is 78.5 Å². The van der Waals surface area contributed by atoms with Crippen LogP contribution < -0.4 is 20.7 Å². The molecule has 0 bridgehead atoms. The van der Waals surface area contributed by atoms with Crippen LogP contribution in [0.25, 0.3) is 10.8 Å². The van der Waals surface area contributed by atoms with Crippen molar-refractivity contribution in [2.75, 3.05) is 57.5 Å². The van der Waals surface area contributed by atoms with Crippen LogP contribution in [-0.2, 0) is 19.6 Å². The van der Waals surface area contributed by atoms with Gasteiger partial charge in [0, 0.05) is 79.5 Å². The molecule has 4 N–H and O–H groups in total. The van der Waals surface area contributed by atoms with E-state index >= 15 is 0 Å². The molecular weight excluding hydrogens is 702 g/mol. The van der Waals surface area contributed by atoms with Crippen molar-refractivity contribution in [3.05, 3.63) is 47.0 Å². The molecule has 0 aliphatic heterocycles. The van der Waals surface area contributed by atoms with Gasteiger partial charge in [-0.3, -0.25) is 4.79 Å². The molecule has 0 heterocycles. The Balaban J connectivity index is 0.0000120. The predicted octanol–water partition coefficient (Wildman–Crippen LogP) is 7.67. The zero-order valence-corrected chi connectivity index (χ0v) is 33.0. The first-order chi connectivity index (χ1) is 23.2. The van der Waals surface area contributed by atoms with Gasteiger partial charge in [-0.25, -0.2) is 17.9 Å². The highest BCUT2D eigenvalue weighted by Gasteiger charge is 2.18. The number of rotatable bonds is 26. The Bertz CT molecular complexity index is 1390. The van der Waals surface area contributed by atoms with Crippen molar-refractivity contribution in [2.24, 2.45) is 5.73 Å². The summed E-state index contributed by atoms with van der Waals surface area (Å²) in [4.78, 5) is 28.8. The molecule has 0 fully saturated rings. The van der Waals surface area contributed by atoms with E-state index < -0.39 is 16.1 Å². The lowest BCUT2D eigenvalue weighted by atomic mass is 10.1. The number of hydrogen-bond donors (Lipinski definition) is 3. The van der Waals surface area contributed by atoms with Crippen LogP contribution in [0.1, 0.15) is 84.5 Å². The Morgan fingerprint density at radius 1 is 0.939 bits per heavy atom. The van der Waals surface area contributed by atoms with E-state index in [0.29, 0.717) is 24.9 Å². The third kappa shape index (κ3) is 16.6. The fourth-order valence-corrected chi connectivity index (χ4v) is 9.09. The lowest BCUT2D eigenvalue weighted by Crippen LogP contribution is -2.35. The number of ether oxygens (including phenoxy) is 1. The molecule has 2 aromatic rings. The SMILES string of the molecule is CCCCCCCCCCCCSSC(CCOC(=O)NCCNS(=O)(=O)c1cccc2c(N(C)C)cccc12)=C(C)N(C=O)CCN.Cl. The largest absolute Gasteiger partial charge is 0.449 e. The van der Waals surface area contributed by atoms with E-state index in [2.05, 4.69) is 17.0 Å². The van der Waals surface area contributed by atoms with Gasteiger partial charge in [-0.1, -0.05) is 111 Å². The summed E-state index contributed by atoms with van der Waals surface area (Å²) < 4.78 is 34.2. The van der Waals surface area contributed by atoms with Gasteiger partial charge in [-0.05, 0) is 25.5 Å². The number of anilines is 1. The molecule has 2 aromatic carbocycles. The van der Waals surface area contributed by atoms with E-state index in [1.54, 1.807) is 44.7 Å². The van der Waals surface area contributed by atoms with Crippen molar-refractivity contribution in [1.29, 1.82) is 0 Å². The smallest absolute Gasteiger partial charge is 0.407 e. The van der Waals surface area contributed by atoms with Crippen LogP contribution >= 0.6 is 34.0 Å². The normalized spacial score (nSPS) is 11.9. The molecule has 49 heavy (non-hydrogen) atoms. The number of nitrogens with two attached hydrogens (primary N) is 1. The second kappa shape index (κ2) is 25.7. The number of fused-ring (bicyclic) bond motifs is 1. The summed E-state index contributed by atoms with van der Waals surface area (Å²) in [5, 5.41) is 4.08. The van der Waals surface area contributed by atoms with Gasteiger partial charge in [0.15, 0.2) is 0 Å². The standard InChI is InChI=1S/C35H57N5O5S3.ClH/c1-5-6-7-8-9-10-11-12-13-14-27-46-47-33(29(2)40(28-41)25-22-36)21-26-45-35(42)37-23-24-38-48(43,44)34-20-16-17-30-31(34)18-15-19-32(30)39(3)4;/h15-20,28,38H,5-14,21-27,36H2,1-4H3,(H,37,42);1H. The first-order valence-corrected chi connectivity index (χ1v) is 21.0. The van der Waals surface area contributed by atoms with E-state index in [4.69, 9.17) is 10.5 Å². The van der Waals surface area contributed by atoms with Crippen molar-refractivity contribution >= 4 is 73.0 Å². The maximum absolute atomic E-state index is 13.1. The van der Waals surface area contributed by atoms with Crippen LogP contribution in [0.3, 0.4) is 0 Å². The second-order valence-corrected chi connectivity index (χ2v) is 16.2. The molecular formula is C35H58ClN5O5S3. The molecule has 0 unspecified atom stereocenters. The highest BCUT2D eigenvalue weighted by atomic mass is 35.5. The Kier molecular flexibility index (Phi) is 23.6. The van der Waals surface area contributed by atoms with Crippen LogP contribution in [0, 0.1) is 0 Å². The van der Waals surface area contributed by atoms with E-state index in [1.807, 2.05) is 44.1 Å². The molecule has 0 saturated carbocycles. The summed E-state index contributed by atoms with van der Waals surface area (Å²) in [7, 11) is 3.38. The Morgan fingerprint density at radius 3 is 2.20 bits per heavy atom. The van der Waals surface area contributed by atoms with Crippen LogP contribution in [0.15, 0.2) is 51.9 Å². The predicted molar refractivity (Wildman–Crippen MR) is 211 cm³/mol. The minimum Gasteiger partial charge on any atom is -0.449 e. The molecule has 14 heteroatoms. The van der Waals surface area contributed by atoms with Gasteiger partial charge in [-0.15, -0.1) is 12.4 Å². The van der Waals surface area contributed by atoms with Crippen molar-refractivity contribution in [2.45, 2.75) is 89.4 Å². The molecule has 0 spiro atoms. The fraction of sp³-hybridized carbons (Fsp3) is 0.600. The first-order valence-electron chi connectivity index (χ1n) is 17.2. The van der Waals surface area contributed by atoms with Gasteiger partial charge in [0.05, 0.1) is 11.5 Å². The summed E-state index contributed by atoms with van der Waals surface area (Å²) in [6, 6.07) is 10.8. The van der Waals surface area contributed by atoms with E-state index in [9.17, 15) is 18.0 Å². The van der Waals surface area contributed by atoms with Gasteiger partial charge < -0.3 is 25.6 Å². The third-order valence-corrected chi connectivity index (χ3v) is 12.2. The van der Waals surface area contributed by atoms with Crippen molar-refractivity contribution in [1.82, 2.24) is 14.9 Å². The molecule has 2 rings (SSSR count). The number of nitrogens with one attached hydrogen (secondary N) is 2. The average Bonchev–Trinajstić information content (AvgIpc) is 3.07. The Hall–Kier alpha value is -2.16. The van der Waals surface area contributed by atoms with Crippen LogP contribution in [0.4, 0.5) is 10.5 Å². The van der Waals surface area contributed by atoms with Gasteiger partial charge in [0.2, 0.25) is 16.4 Å². The molecule has 2 amide bonds. The number of hydrogen-bond acceptors (Lipinski definition) is 9. The number of halogens is 1. The summed E-state index contributed by atoms with van der Waals surface area (Å²) in [6.07, 6.45) is 13.5. The number of sulfonamides is 1. The van der Waals surface area contributed by atoms with E-state index in [0.717, 1.165) is 40.3 Å². The highest BCUT2D eigenvalue weighted by molar-refractivity contribution is 8.78. The van der Waals surface area contributed by atoms with E-state index in [-0.39, 0.29) is 37.0 Å². The second-order valence-electron chi connectivity index (χ2n) is 11.9. The minimum atomic E-state index is -3.82. The third-order valence-electron chi connectivity index (χ3n) is 7.95. The molecule has 10 nitrogen and oxygen atoms in total. The molecule has 0 radical (unpaired) electrons. The lowest BCUT2D eigenvalue weighted by molar-refractivity contribution is -0.116. The topological polar surface area (TPSA) is 134 Å². The Morgan fingerprint density at radius 2 is 1.57 bits per heavy atom. The maximum atomic E-state index is 13.1. The van der Waals surface area contributed by atoms with Crippen LogP contribution in [0.5, 0.6) is 0 Å². The number of alkyl carbamates (subject to hydrolysis) is 1. The van der Waals surface area contributed by atoms with E-state index in [1.165, 1.54) is 57.8 Å². The number of carbonyl (C=O) groups excluding carboxylic acids is 2. The number of unbranched alkanes of at least 4 members (excludes halogenated alkanes) is 9. The molecule has 0 aliphatic rings. The van der Waals surface area contributed by atoms with Gasteiger partial charge in [0.1, 0.15) is 0 Å². The average molecular weight is 761 g/mol. The van der Waals surface area contributed by atoms with Crippen molar-refractivity contribution in [3.8, 4) is 0 Å². The highest BCUT2D eigenvalue weighted by Crippen LogP contribution is 2.36. The maximum Gasteiger partial charge on any atom is 0.407 e. The summed E-state index contributed by atoms with van der Waals surface area (Å²) in [5.74, 6) is 1.00. The number of nitrogens with zero attached hydrogens (tertiary/aromatic N) is 2. The van der Waals surface area contributed by atoms with Crippen LogP contribution in [0.2, 0.25) is 0 Å². The molecule has 0 aliphatic carbocycles. The van der Waals surface area contributed by atoms with Crippen molar-refractivity contribution in [3.63, 3.8) is 0 Å². The summed E-state index contributed by atoms with van der Waals surface area (Å²) in [6.45, 7) is 5.08. The molecule has 0 saturated heterocycles. The summed E-state index contributed by atoms with van der Waals surface area (Å²) in [5.41, 5.74) is 7.43.